The van der Waals surface area contributed by atoms with Crippen molar-refractivity contribution in [1.82, 2.24) is 0 Å². The van der Waals surface area contributed by atoms with Crippen molar-refractivity contribution < 1.29 is 4.42 Å². The molecule has 0 spiro atoms. The van der Waals surface area contributed by atoms with Crippen LogP contribution in [0.25, 0.3) is 39.2 Å². The van der Waals surface area contributed by atoms with Crippen LogP contribution in [0, 0.1) is 11.8 Å². The zero-order valence-corrected chi connectivity index (χ0v) is 29.7. The van der Waals surface area contributed by atoms with Gasteiger partial charge in [0, 0.05) is 5.56 Å². The Kier molecular flexibility index (Phi) is 9.45. The molecule has 2 unspecified atom stereocenters. The summed E-state index contributed by atoms with van der Waals surface area (Å²) in [5.41, 5.74) is 16.1. The van der Waals surface area contributed by atoms with E-state index in [0.717, 1.165) is 49.2 Å². The van der Waals surface area contributed by atoms with E-state index in [9.17, 15) is 0 Å². The number of allylic oxidation sites excluding steroid dienone is 12. The van der Waals surface area contributed by atoms with Crippen LogP contribution in [0.5, 0.6) is 0 Å². The highest BCUT2D eigenvalue weighted by atomic mass is 16.3. The zero-order valence-electron chi connectivity index (χ0n) is 29.7. The lowest BCUT2D eigenvalue weighted by molar-refractivity contribution is 0.493. The van der Waals surface area contributed by atoms with Gasteiger partial charge in [-0.3, -0.25) is 0 Å². The average Bonchev–Trinajstić information content (AvgIpc) is 3.18. The number of hydrogen-bond acceptors (Lipinski definition) is 0. The number of benzene rings is 4. The molecule has 3 aliphatic carbocycles. The Morgan fingerprint density at radius 3 is 1.86 bits per heavy atom. The second kappa shape index (κ2) is 14.8. The van der Waals surface area contributed by atoms with Crippen molar-refractivity contribution in [2.75, 3.05) is 0 Å². The van der Waals surface area contributed by atoms with E-state index in [4.69, 9.17) is 4.42 Å². The predicted octanol–water partition coefficient (Wildman–Crippen LogP) is 13.6. The van der Waals surface area contributed by atoms with E-state index < -0.39 is 0 Å². The van der Waals surface area contributed by atoms with Gasteiger partial charge in [0.05, 0.1) is 22.8 Å². The highest BCUT2D eigenvalue weighted by Crippen LogP contribution is 2.47. The lowest BCUT2D eigenvalue weighted by Crippen LogP contribution is -2.14. The third kappa shape index (κ3) is 7.08. The van der Waals surface area contributed by atoms with Gasteiger partial charge < -0.3 is 0 Å². The highest BCUT2D eigenvalue weighted by Gasteiger charge is 2.34. The Balaban J connectivity index is 1.15. The molecule has 0 N–H and O–H groups in total. The summed E-state index contributed by atoms with van der Waals surface area (Å²) < 4.78 is 6.79. The van der Waals surface area contributed by atoms with Crippen molar-refractivity contribution in [3.63, 3.8) is 0 Å². The molecule has 0 amide bonds. The van der Waals surface area contributed by atoms with Gasteiger partial charge in [-0.1, -0.05) is 147 Å². The first-order chi connectivity index (χ1) is 25.1. The first-order valence-corrected chi connectivity index (χ1v) is 18.5. The molecule has 8 rings (SSSR count). The standard InChI is InChI=1S/C50H45O/c1-35-28-41(45-33-43(37-18-8-3-9-19-37)32-44(47(45)30-35)38-20-10-4-11-21-38)26-16-7-17-27-42-29-36(2)31-48-46(39-22-12-5-13-23-39)34-49(51-50(42)48)40-24-14-6-15-25-40/h3-27,32,34-36H,28-31,33H2,1-2H3/q+1/b17-7+,26-16-,42-27+. The maximum absolute atomic E-state index is 6.79. The van der Waals surface area contributed by atoms with Crippen molar-refractivity contribution in [3.05, 3.63) is 203 Å². The van der Waals surface area contributed by atoms with Crippen molar-refractivity contribution in [1.29, 1.82) is 0 Å². The van der Waals surface area contributed by atoms with E-state index in [1.807, 2.05) is 0 Å². The van der Waals surface area contributed by atoms with Gasteiger partial charge in [0.2, 0.25) is 0 Å². The third-order valence-electron chi connectivity index (χ3n) is 10.6. The fourth-order valence-corrected chi connectivity index (χ4v) is 8.18. The highest BCUT2D eigenvalue weighted by molar-refractivity contribution is 5.92. The van der Waals surface area contributed by atoms with E-state index in [1.165, 1.54) is 61.3 Å². The number of fused-ring (bicyclic) bond motifs is 2. The number of rotatable bonds is 7. The van der Waals surface area contributed by atoms with Crippen LogP contribution in [-0.2, 0) is 6.42 Å². The summed E-state index contributed by atoms with van der Waals surface area (Å²) in [5.74, 6) is 3.07. The van der Waals surface area contributed by atoms with Crippen LogP contribution in [0.1, 0.15) is 62.0 Å². The largest absolute Gasteiger partial charge is 0.361 e. The van der Waals surface area contributed by atoms with Crippen LogP contribution in [0.4, 0.5) is 0 Å². The molecule has 0 fully saturated rings. The SMILES string of the molecule is CC1CC(\C=C/C=C/C=C2\CC(C)Cc3c(-c4ccccc4)cc(-c4ccccc4)[o+]c32)=C2CC(c3ccccc3)=CC(c3ccccc3)=C2C1. The van der Waals surface area contributed by atoms with Crippen LogP contribution in [0.3, 0.4) is 0 Å². The van der Waals surface area contributed by atoms with Gasteiger partial charge in [-0.2, -0.15) is 0 Å². The Morgan fingerprint density at radius 1 is 0.569 bits per heavy atom. The molecule has 3 aliphatic rings. The Hall–Kier alpha value is -5.53. The summed E-state index contributed by atoms with van der Waals surface area (Å²) in [6, 6.07) is 45.4. The minimum atomic E-state index is 0.533. The minimum Gasteiger partial charge on any atom is -0.207 e. The van der Waals surface area contributed by atoms with Gasteiger partial charge in [0.1, 0.15) is 0 Å². The van der Waals surface area contributed by atoms with E-state index >= 15 is 0 Å². The third-order valence-corrected chi connectivity index (χ3v) is 10.6. The maximum atomic E-state index is 6.79. The quantitative estimate of drug-likeness (QED) is 0.125. The van der Waals surface area contributed by atoms with Gasteiger partial charge in [-0.15, -0.1) is 0 Å². The lowest BCUT2D eigenvalue weighted by atomic mass is 9.72. The molecule has 51 heavy (non-hydrogen) atoms. The molecular formula is C50H45O+. The van der Waals surface area contributed by atoms with Crippen molar-refractivity contribution in [2.45, 2.75) is 46.0 Å². The van der Waals surface area contributed by atoms with Gasteiger partial charge >= 0.3 is 11.5 Å². The van der Waals surface area contributed by atoms with Crippen LogP contribution in [0.2, 0.25) is 0 Å². The Morgan fingerprint density at radius 2 is 1.18 bits per heavy atom. The van der Waals surface area contributed by atoms with Gasteiger partial charge in [0.15, 0.2) is 0 Å². The van der Waals surface area contributed by atoms with Gasteiger partial charge in [0.25, 0.3) is 0 Å². The monoisotopic (exact) mass is 661 g/mol. The molecule has 1 heteroatoms. The van der Waals surface area contributed by atoms with Crippen molar-refractivity contribution in [2.24, 2.45) is 11.8 Å². The molecule has 0 bridgehead atoms. The topological polar surface area (TPSA) is 11.3 Å². The summed E-state index contributed by atoms with van der Waals surface area (Å²) >= 11 is 0. The lowest BCUT2D eigenvalue weighted by Gasteiger charge is -2.32. The van der Waals surface area contributed by atoms with E-state index in [0.29, 0.717) is 11.8 Å². The number of hydrogen-bond donors (Lipinski definition) is 0. The summed E-state index contributed by atoms with van der Waals surface area (Å²) in [7, 11) is 0. The summed E-state index contributed by atoms with van der Waals surface area (Å²) in [6.07, 6.45) is 19.0. The molecule has 5 aromatic rings. The second-order valence-corrected chi connectivity index (χ2v) is 14.5. The molecule has 250 valence electrons. The van der Waals surface area contributed by atoms with Crippen LogP contribution < -0.4 is 0 Å². The first kappa shape index (κ1) is 32.7. The molecule has 0 aliphatic heterocycles. The second-order valence-electron chi connectivity index (χ2n) is 14.5. The average molecular weight is 662 g/mol. The molecule has 1 nitrogen and oxygen atoms in total. The van der Waals surface area contributed by atoms with E-state index in [1.54, 1.807) is 0 Å². The maximum Gasteiger partial charge on any atom is 0.361 e. The van der Waals surface area contributed by atoms with Crippen molar-refractivity contribution in [3.8, 4) is 22.5 Å². The molecule has 0 radical (unpaired) electrons. The Bertz CT molecular complexity index is 2210. The fourth-order valence-electron chi connectivity index (χ4n) is 8.18. The fraction of sp³-hybridized carbons (Fsp3) is 0.180. The molecule has 0 saturated carbocycles. The zero-order chi connectivity index (χ0) is 34.6. The van der Waals surface area contributed by atoms with Crippen LogP contribution >= 0.6 is 0 Å². The van der Waals surface area contributed by atoms with Crippen LogP contribution in [-0.4, -0.2) is 0 Å². The van der Waals surface area contributed by atoms with Crippen LogP contribution in [0.15, 0.2) is 185 Å². The molecule has 0 saturated heterocycles. The molecule has 2 atom stereocenters. The minimum absolute atomic E-state index is 0.533. The summed E-state index contributed by atoms with van der Waals surface area (Å²) in [6.45, 7) is 4.75. The van der Waals surface area contributed by atoms with Crippen molar-refractivity contribution >= 4 is 16.7 Å². The molecule has 4 aromatic carbocycles. The van der Waals surface area contributed by atoms with Gasteiger partial charge in [-0.25, -0.2) is 4.42 Å². The molecular weight excluding hydrogens is 617 g/mol. The smallest absolute Gasteiger partial charge is 0.207 e. The summed E-state index contributed by atoms with van der Waals surface area (Å²) in [4.78, 5) is 0. The molecule has 1 heterocycles. The first-order valence-electron chi connectivity index (χ1n) is 18.5. The Labute approximate surface area is 303 Å². The predicted molar refractivity (Wildman–Crippen MR) is 216 cm³/mol. The van der Waals surface area contributed by atoms with E-state index in [2.05, 4.69) is 178 Å². The molecule has 1 aromatic heterocycles. The van der Waals surface area contributed by atoms with Gasteiger partial charge in [-0.05, 0) is 113 Å². The van der Waals surface area contributed by atoms with E-state index in [-0.39, 0.29) is 0 Å². The summed E-state index contributed by atoms with van der Waals surface area (Å²) in [5, 5.41) is 0. The normalized spacial score (nSPS) is 19.8.